The maximum atomic E-state index is 12.4. The van der Waals surface area contributed by atoms with E-state index in [1.54, 1.807) is 17.4 Å². The molecule has 2 N–H and O–H groups in total. The summed E-state index contributed by atoms with van der Waals surface area (Å²) in [6.07, 6.45) is 0. The van der Waals surface area contributed by atoms with Gasteiger partial charge < -0.3 is 5.32 Å². The molecule has 0 aliphatic carbocycles. The van der Waals surface area contributed by atoms with Crippen molar-refractivity contribution in [1.82, 2.24) is 10.0 Å². The van der Waals surface area contributed by atoms with Crippen LogP contribution >= 0.6 is 22.7 Å². The SMILES string of the molecule is CCNCc1cc(S(=O)(=O)NCc2cscc2C)c(C)s1. The Morgan fingerprint density at radius 2 is 1.95 bits per heavy atom. The fourth-order valence-corrected chi connectivity index (χ4v) is 5.41. The zero-order chi connectivity index (χ0) is 15.5. The van der Waals surface area contributed by atoms with Crippen molar-refractivity contribution < 1.29 is 8.42 Å². The first kappa shape index (κ1) is 16.6. The smallest absolute Gasteiger partial charge is 0.241 e. The second-order valence-corrected chi connectivity index (χ2v) is 8.64. The highest BCUT2D eigenvalue weighted by molar-refractivity contribution is 7.89. The first-order valence-corrected chi connectivity index (χ1v) is 9.99. The van der Waals surface area contributed by atoms with Gasteiger partial charge in [-0.1, -0.05) is 6.92 Å². The molecule has 0 aromatic carbocycles. The lowest BCUT2D eigenvalue weighted by Gasteiger charge is -2.06. The minimum absolute atomic E-state index is 0.343. The molecule has 2 aromatic rings. The molecule has 0 aliphatic rings. The Morgan fingerprint density at radius 1 is 1.19 bits per heavy atom. The molecule has 0 unspecified atom stereocenters. The molecule has 0 fully saturated rings. The van der Waals surface area contributed by atoms with Gasteiger partial charge in [0.2, 0.25) is 10.0 Å². The monoisotopic (exact) mass is 344 g/mol. The molecule has 0 saturated carbocycles. The van der Waals surface area contributed by atoms with Gasteiger partial charge in [0.1, 0.15) is 0 Å². The number of thiophene rings is 2. The van der Waals surface area contributed by atoms with Crippen molar-refractivity contribution >= 4 is 32.7 Å². The third-order valence-electron chi connectivity index (χ3n) is 3.18. The molecule has 0 amide bonds. The van der Waals surface area contributed by atoms with Gasteiger partial charge in [-0.25, -0.2) is 13.1 Å². The Hall–Kier alpha value is -0.730. The van der Waals surface area contributed by atoms with Gasteiger partial charge in [-0.2, -0.15) is 11.3 Å². The summed E-state index contributed by atoms with van der Waals surface area (Å²) < 4.78 is 27.5. The number of rotatable bonds is 7. The zero-order valence-electron chi connectivity index (χ0n) is 12.4. The lowest BCUT2D eigenvalue weighted by Crippen LogP contribution is -2.23. The van der Waals surface area contributed by atoms with Gasteiger partial charge in [0.25, 0.3) is 0 Å². The van der Waals surface area contributed by atoms with E-state index >= 15 is 0 Å². The van der Waals surface area contributed by atoms with E-state index in [-0.39, 0.29) is 0 Å². The summed E-state index contributed by atoms with van der Waals surface area (Å²) in [4.78, 5) is 2.27. The number of hydrogen-bond donors (Lipinski definition) is 2. The van der Waals surface area contributed by atoms with Gasteiger partial charge in [0.05, 0.1) is 4.90 Å². The molecule has 2 aromatic heterocycles. The van der Waals surface area contributed by atoms with Gasteiger partial charge in [0.15, 0.2) is 0 Å². The highest BCUT2D eigenvalue weighted by Gasteiger charge is 2.19. The summed E-state index contributed by atoms with van der Waals surface area (Å²) in [5.74, 6) is 0. The zero-order valence-corrected chi connectivity index (χ0v) is 14.8. The van der Waals surface area contributed by atoms with E-state index in [1.165, 1.54) is 11.3 Å². The fourth-order valence-electron chi connectivity index (χ4n) is 1.94. The van der Waals surface area contributed by atoms with Crippen LogP contribution in [-0.2, 0) is 23.1 Å². The van der Waals surface area contributed by atoms with Gasteiger partial charge in [-0.3, -0.25) is 0 Å². The Morgan fingerprint density at radius 3 is 2.57 bits per heavy atom. The maximum Gasteiger partial charge on any atom is 0.241 e. The lowest BCUT2D eigenvalue weighted by atomic mass is 10.2. The van der Waals surface area contributed by atoms with E-state index in [9.17, 15) is 8.42 Å². The van der Waals surface area contributed by atoms with Crippen molar-refractivity contribution in [3.63, 3.8) is 0 Å². The Labute approximate surface area is 134 Å². The molecule has 0 atom stereocenters. The summed E-state index contributed by atoms with van der Waals surface area (Å²) >= 11 is 3.12. The van der Waals surface area contributed by atoms with E-state index < -0.39 is 10.0 Å². The van der Waals surface area contributed by atoms with Crippen LogP contribution in [0.15, 0.2) is 21.7 Å². The van der Waals surface area contributed by atoms with Crippen molar-refractivity contribution in [3.05, 3.63) is 37.7 Å². The molecule has 21 heavy (non-hydrogen) atoms. The summed E-state index contributed by atoms with van der Waals surface area (Å²) in [6, 6.07) is 1.77. The summed E-state index contributed by atoms with van der Waals surface area (Å²) in [5.41, 5.74) is 2.15. The third kappa shape index (κ3) is 4.14. The normalized spacial score (nSPS) is 12.0. The molecule has 4 nitrogen and oxygen atoms in total. The Kier molecular flexibility index (Phi) is 5.56. The van der Waals surface area contributed by atoms with Crippen molar-refractivity contribution in [2.45, 2.75) is 38.8 Å². The van der Waals surface area contributed by atoms with Crippen LogP contribution in [0.5, 0.6) is 0 Å². The molecular formula is C14H20N2O2S3. The van der Waals surface area contributed by atoms with E-state index in [2.05, 4.69) is 10.0 Å². The first-order chi connectivity index (χ1) is 9.94. The van der Waals surface area contributed by atoms with Gasteiger partial charge in [0, 0.05) is 22.8 Å². The summed E-state index contributed by atoms with van der Waals surface area (Å²) in [6.45, 7) is 7.79. The molecule has 7 heteroatoms. The molecule has 0 aliphatic heterocycles. The number of aryl methyl sites for hydroxylation is 2. The van der Waals surface area contributed by atoms with Crippen LogP contribution in [0.25, 0.3) is 0 Å². The standard InChI is InChI=1S/C14H20N2O2S3/c1-4-15-7-13-5-14(11(3)20-13)21(17,18)16-6-12-9-19-8-10(12)2/h5,8-9,15-16H,4,6-7H2,1-3H3. The molecule has 0 bridgehead atoms. The van der Waals surface area contributed by atoms with Crippen LogP contribution in [0.2, 0.25) is 0 Å². The number of hydrogen-bond acceptors (Lipinski definition) is 5. The molecule has 0 spiro atoms. The van der Waals surface area contributed by atoms with Crippen LogP contribution in [0.4, 0.5) is 0 Å². The van der Waals surface area contributed by atoms with E-state index in [4.69, 9.17) is 0 Å². The molecule has 116 valence electrons. The molecule has 0 saturated heterocycles. The fraction of sp³-hybridized carbons (Fsp3) is 0.429. The van der Waals surface area contributed by atoms with Crippen LogP contribution in [0, 0.1) is 13.8 Å². The van der Waals surface area contributed by atoms with Crippen LogP contribution in [-0.4, -0.2) is 15.0 Å². The Bertz CT molecular complexity index is 702. The van der Waals surface area contributed by atoms with Gasteiger partial charge in [-0.05, 0) is 48.3 Å². The Balaban J connectivity index is 2.12. The van der Waals surface area contributed by atoms with Crippen LogP contribution in [0.1, 0.15) is 27.8 Å². The molecule has 2 heterocycles. The average molecular weight is 345 g/mol. The largest absolute Gasteiger partial charge is 0.312 e. The second kappa shape index (κ2) is 7.02. The van der Waals surface area contributed by atoms with Crippen LogP contribution < -0.4 is 10.0 Å². The highest BCUT2D eigenvalue weighted by atomic mass is 32.2. The summed E-state index contributed by atoms with van der Waals surface area (Å²) in [7, 11) is -3.45. The van der Waals surface area contributed by atoms with Crippen molar-refractivity contribution in [3.8, 4) is 0 Å². The quantitative estimate of drug-likeness (QED) is 0.812. The predicted molar refractivity (Wildman–Crippen MR) is 89.5 cm³/mol. The minimum Gasteiger partial charge on any atom is -0.312 e. The lowest BCUT2D eigenvalue weighted by molar-refractivity contribution is 0.581. The van der Waals surface area contributed by atoms with E-state index in [0.717, 1.165) is 27.4 Å². The molecule has 0 radical (unpaired) electrons. The number of nitrogens with one attached hydrogen (secondary N) is 2. The predicted octanol–water partition coefficient (Wildman–Crippen LogP) is 3.01. The van der Waals surface area contributed by atoms with Gasteiger partial charge >= 0.3 is 0 Å². The van der Waals surface area contributed by atoms with Crippen molar-refractivity contribution in [1.29, 1.82) is 0 Å². The first-order valence-electron chi connectivity index (χ1n) is 6.75. The average Bonchev–Trinajstić information content (AvgIpc) is 3.00. The second-order valence-electron chi connectivity index (χ2n) is 4.82. The topological polar surface area (TPSA) is 58.2 Å². The van der Waals surface area contributed by atoms with Crippen molar-refractivity contribution in [2.75, 3.05) is 6.54 Å². The van der Waals surface area contributed by atoms with Crippen molar-refractivity contribution in [2.24, 2.45) is 0 Å². The maximum absolute atomic E-state index is 12.4. The summed E-state index contributed by atoms with van der Waals surface area (Å²) in [5, 5.41) is 7.22. The molecule has 2 rings (SSSR count). The minimum atomic E-state index is -3.45. The molecular weight excluding hydrogens is 324 g/mol. The highest BCUT2D eigenvalue weighted by Crippen LogP contribution is 2.26. The van der Waals surface area contributed by atoms with Gasteiger partial charge in [-0.15, -0.1) is 11.3 Å². The number of sulfonamides is 1. The van der Waals surface area contributed by atoms with E-state index in [1.807, 2.05) is 31.5 Å². The van der Waals surface area contributed by atoms with E-state index in [0.29, 0.717) is 18.0 Å². The third-order valence-corrected chi connectivity index (χ3v) is 6.79. The van der Waals surface area contributed by atoms with Crippen LogP contribution in [0.3, 0.4) is 0 Å².